The molecule has 0 saturated heterocycles. The molecule has 0 atom stereocenters. The molecule has 0 radical (unpaired) electrons. The van der Waals surface area contributed by atoms with Crippen molar-refractivity contribution in [1.82, 2.24) is 5.32 Å². The first kappa shape index (κ1) is 12.9. The van der Waals surface area contributed by atoms with Gasteiger partial charge in [-0.1, -0.05) is 25.3 Å². The zero-order valence-corrected chi connectivity index (χ0v) is 12.0. The van der Waals surface area contributed by atoms with Crippen LogP contribution in [0.3, 0.4) is 0 Å². The maximum absolute atomic E-state index is 6.08. The number of nitrogens with two attached hydrogens (primary N) is 1. The third-order valence-corrected chi connectivity index (χ3v) is 4.20. The van der Waals surface area contributed by atoms with Crippen LogP contribution in [0.2, 0.25) is 0 Å². The molecule has 0 aliphatic heterocycles. The van der Waals surface area contributed by atoms with Crippen LogP contribution < -0.4 is 11.1 Å². The third-order valence-electron chi connectivity index (χ3n) is 3.55. The fraction of sp³-hybridized carbons (Fsp3) is 0.571. The number of benzene rings is 1. The van der Waals surface area contributed by atoms with E-state index in [-0.39, 0.29) is 0 Å². The Morgan fingerprint density at radius 1 is 1.29 bits per heavy atom. The van der Waals surface area contributed by atoms with Crippen molar-refractivity contribution in [3.05, 3.63) is 27.7 Å². The molecule has 0 spiro atoms. The summed E-state index contributed by atoms with van der Waals surface area (Å²) < 4.78 is 1.01. The van der Waals surface area contributed by atoms with Gasteiger partial charge in [0, 0.05) is 17.1 Å². The summed E-state index contributed by atoms with van der Waals surface area (Å²) in [5.74, 6) is 0. The van der Waals surface area contributed by atoms with Crippen LogP contribution in [-0.4, -0.2) is 6.04 Å². The van der Waals surface area contributed by atoms with E-state index in [0.717, 1.165) is 16.7 Å². The molecule has 0 aromatic heterocycles. The SMILES string of the molecule is Cc1cc(Br)c(N)c(CNC2CCCCC2)c1. The van der Waals surface area contributed by atoms with Gasteiger partial charge in [-0.15, -0.1) is 0 Å². The van der Waals surface area contributed by atoms with Gasteiger partial charge in [0.05, 0.1) is 5.69 Å². The molecule has 3 heteroatoms. The van der Waals surface area contributed by atoms with Crippen LogP contribution in [0.25, 0.3) is 0 Å². The first-order valence-electron chi connectivity index (χ1n) is 6.44. The largest absolute Gasteiger partial charge is 0.398 e. The Bertz CT molecular complexity index is 384. The molecule has 0 unspecified atom stereocenters. The topological polar surface area (TPSA) is 38.0 Å². The van der Waals surface area contributed by atoms with Gasteiger partial charge >= 0.3 is 0 Å². The van der Waals surface area contributed by atoms with Gasteiger partial charge in [-0.05, 0) is 52.9 Å². The second kappa shape index (κ2) is 5.87. The number of hydrogen-bond acceptors (Lipinski definition) is 2. The highest BCUT2D eigenvalue weighted by Gasteiger charge is 2.13. The molecule has 3 N–H and O–H groups in total. The number of aryl methyl sites for hydroxylation is 1. The van der Waals surface area contributed by atoms with Gasteiger partial charge in [-0.25, -0.2) is 0 Å². The lowest BCUT2D eigenvalue weighted by Crippen LogP contribution is -2.30. The molecule has 0 heterocycles. The highest BCUT2D eigenvalue weighted by atomic mass is 79.9. The van der Waals surface area contributed by atoms with Crippen LogP contribution in [0.1, 0.15) is 43.2 Å². The Labute approximate surface area is 112 Å². The van der Waals surface area contributed by atoms with Crippen molar-refractivity contribution in [3.8, 4) is 0 Å². The summed E-state index contributed by atoms with van der Waals surface area (Å²) in [5.41, 5.74) is 9.42. The molecule has 94 valence electrons. The van der Waals surface area contributed by atoms with Gasteiger partial charge in [0.25, 0.3) is 0 Å². The van der Waals surface area contributed by atoms with E-state index in [9.17, 15) is 0 Å². The average Bonchev–Trinajstić information content (AvgIpc) is 2.33. The smallest absolute Gasteiger partial charge is 0.0504 e. The molecule has 1 fully saturated rings. The highest BCUT2D eigenvalue weighted by molar-refractivity contribution is 9.10. The lowest BCUT2D eigenvalue weighted by atomic mass is 9.95. The Hall–Kier alpha value is -0.540. The van der Waals surface area contributed by atoms with Crippen molar-refractivity contribution in [1.29, 1.82) is 0 Å². The quantitative estimate of drug-likeness (QED) is 0.834. The van der Waals surface area contributed by atoms with Crippen LogP contribution in [-0.2, 0) is 6.54 Å². The normalized spacial score (nSPS) is 17.3. The van der Waals surface area contributed by atoms with Gasteiger partial charge in [0.15, 0.2) is 0 Å². The standard InChI is InChI=1S/C14H21BrN2/c1-10-7-11(14(16)13(15)8-10)9-17-12-5-3-2-4-6-12/h7-8,12,17H,2-6,9,16H2,1H3. The van der Waals surface area contributed by atoms with E-state index in [1.54, 1.807) is 0 Å². The minimum absolute atomic E-state index is 0.683. The number of hydrogen-bond donors (Lipinski definition) is 2. The van der Waals surface area contributed by atoms with E-state index in [1.807, 2.05) is 0 Å². The molecule has 2 nitrogen and oxygen atoms in total. The minimum Gasteiger partial charge on any atom is -0.398 e. The molecule has 1 saturated carbocycles. The van der Waals surface area contributed by atoms with Crippen LogP contribution in [0.5, 0.6) is 0 Å². The van der Waals surface area contributed by atoms with Crippen molar-refractivity contribution in [3.63, 3.8) is 0 Å². The second-order valence-electron chi connectivity index (χ2n) is 5.04. The number of nitrogens with one attached hydrogen (secondary N) is 1. The van der Waals surface area contributed by atoms with E-state index in [0.29, 0.717) is 6.04 Å². The molecule has 2 rings (SSSR count). The van der Waals surface area contributed by atoms with Crippen molar-refractivity contribution in [2.24, 2.45) is 0 Å². The summed E-state index contributed by atoms with van der Waals surface area (Å²) in [7, 11) is 0. The molecule has 1 aromatic rings. The van der Waals surface area contributed by atoms with Crippen molar-refractivity contribution < 1.29 is 0 Å². The molecular formula is C14H21BrN2. The predicted molar refractivity (Wildman–Crippen MR) is 77.0 cm³/mol. The molecule has 1 aromatic carbocycles. The van der Waals surface area contributed by atoms with Crippen LogP contribution in [0.4, 0.5) is 5.69 Å². The Kier molecular flexibility index (Phi) is 4.46. The first-order chi connectivity index (χ1) is 8.16. The molecule has 1 aliphatic carbocycles. The monoisotopic (exact) mass is 296 g/mol. The van der Waals surface area contributed by atoms with Gasteiger partial charge in [0.1, 0.15) is 0 Å². The Morgan fingerprint density at radius 2 is 2.00 bits per heavy atom. The molecule has 0 amide bonds. The van der Waals surface area contributed by atoms with E-state index in [4.69, 9.17) is 5.73 Å². The van der Waals surface area contributed by atoms with E-state index >= 15 is 0 Å². The van der Waals surface area contributed by atoms with Gasteiger partial charge < -0.3 is 11.1 Å². The molecule has 1 aliphatic rings. The summed E-state index contributed by atoms with van der Waals surface area (Å²) in [6.07, 6.45) is 6.76. The third kappa shape index (κ3) is 3.46. The Balaban J connectivity index is 1.98. The van der Waals surface area contributed by atoms with E-state index in [2.05, 4.69) is 40.3 Å². The maximum atomic E-state index is 6.08. The van der Waals surface area contributed by atoms with Gasteiger partial charge in [0.2, 0.25) is 0 Å². The van der Waals surface area contributed by atoms with Gasteiger partial charge in [-0.3, -0.25) is 0 Å². The molecule has 17 heavy (non-hydrogen) atoms. The fourth-order valence-corrected chi connectivity index (χ4v) is 3.15. The number of rotatable bonds is 3. The lowest BCUT2D eigenvalue weighted by Gasteiger charge is -2.23. The zero-order chi connectivity index (χ0) is 12.3. The van der Waals surface area contributed by atoms with Crippen LogP contribution in [0.15, 0.2) is 16.6 Å². The van der Waals surface area contributed by atoms with Crippen LogP contribution in [0, 0.1) is 6.92 Å². The van der Waals surface area contributed by atoms with Crippen molar-refractivity contribution in [2.45, 2.75) is 51.6 Å². The summed E-state index contributed by atoms with van der Waals surface area (Å²) in [6, 6.07) is 4.93. The van der Waals surface area contributed by atoms with Crippen LogP contribution >= 0.6 is 15.9 Å². The maximum Gasteiger partial charge on any atom is 0.0504 e. The number of nitrogen functional groups attached to an aromatic ring is 1. The molecule has 0 bridgehead atoms. The van der Waals surface area contributed by atoms with Gasteiger partial charge in [-0.2, -0.15) is 0 Å². The fourth-order valence-electron chi connectivity index (χ4n) is 2.53. The highest BCUT2D eigenvalue weighted by Crippen LogP contribution is 2.26. The molecular weight excluding hydrogens is 276 g/mol. The van der Waals surface area contributed by atoms with E-state index in [1.165, 1.54) is 43.2 Å². The Morgan fingerprint density at radius 3 is 2.71 bits per heavy atom. The average molecular weight is 297 g/mol. The number of anilines is 1. The minimum atomic E-state index is 0.683. The zero-order valence-electron chi connectivity index (χ0n) is 10.4. The van der Waals surface area contributed by atoms with Crippen molar-refractivity contribution >= 4 is 21.6 Å². The number of halogens is 1. The van der Waals surface area contributed by atoms with Crippen molar-refractivity contribution in [2.75, 3.05) is 5.73 Å². The lowest BCUT2D eigenvalue weighted by molar-refractivity contribution is 0.372. The predicted octanol–water partition coefficient (Wildman–Crippen LogP) is 3.76. The summed E-state index contributed by atoms with van der Waals surface area (Å²) in [5, 5.41) is 3.63. The first-order valence-corrected chi connectivity index (χ1v) is 7.24. The summed E-state index contributed by atoms with van der Waals surface area (Å²) in [4.78, 5) is 0. The summed E-state index contributed by atoms with van der Waals surface area (Å²) >= 11 is 3.51. The van der Waals surface area contributed by atoms with E-state index < -0.39 is 0 Å². The summed E-state index contributed by atoms with van der Waals surface area (Å²) in [6.45, 7) is 2.99. The second-order valence-corrected chi connectivity index (χ2v) is 5.89.